The third-order valence-electron chi connectivity index (χ3n) is 4.69. The van der Waals surface area contributed by atoms with Gasteiger partial charge in [-0.15, -0.1) is 0 Å². The number of hydrogen-bond acceptors (Lipinski definition) is 7. The lowest BCUT2D eigenvalue weighted by Gasteiger charge is -2.35. The number of carbonyl (C=O) groups is 2. The molecule has 0 saturated carbocycles. The van der Waals surface area contributed by atoms with Gasteiger partial charge in [0.15, 0.2) is 11.5 Å². The Morgan fingerprint density at radius 2 is 1.97 bits per heavy atom. The molecule has 1 aromatic carbocycles. The molecule has 0 N–H and O–H groups in total. The quantitative estimate of drug-likeness (QED) is 0.384. The van der Waals surface area contributed by atoms with Gasteiger partial charge in [-0.2, -0.15) is 0 Å². The fourth-order valence-corrected chi connectivity index (χ4v) is 3.12. The molecular formula is C21H24N2O6. The summed E-state index contributed by atoms with van der Waals surface area (Å²) >= 11 is 0. The van der Waals surface area contributed by atoms with Crippen molar-refractivity contribution in [2.24, 2.45) is 4.99 Å². The first kappa shape index (κ1) is 20.4. The second-order valence-electron chi connectivity index (χ2n) is 6.72. The number of methoxy groups -OCH3 is 3. The maximum Gasteiger partial charge on any atom is 0.311 e. The molecule has 0 aliphatic carbocycles. The molecule has 1 unspecified atom stereocenters. The van der Waals surface area contributed by atoms with Crippen molar-refractivity contribution in [2.45, 2.75) is 25.8 Å². The predicted molar refractivity (Wildman–Crippen MR) is 107 cm³/mol. The van der Waals surface area contributed by atoms with Crippen LogP contribution in [-0.2, 0) is 20.7 Å². The summed E-state index contributed by atoms with van der Waals surface area (Å²) in [6.45, 7) is 2.17. The Bertz CT molecular complexity index is 933. The predicted octanol–water partition coefficient (Wildman–Crippen LogP) is 2.63. The van der Waals surface area contributed by atoms with Gasteiger partial charge in [0, 0.05) is 18.2 Å². The molecule has 2 heterocycles. The van der Waals surface area contributed by atoms with Crippen LogP contribution in [0.5, 0.6) is 11.5 Å². The number of esters is 1. The van der Waals surface area contributed by atoms with Gasteiger partial charge in [0.05, 0.1) is 40.0 Å². The van der Waals surface area contributed by atoms with Gasteiger partial charge in [0.25, 0.3) is 5.91 Å². The van der Waals surface area contributed by atoms with Gasteiger partial charge in [-0.05, 0) is 24.6 Å². The summed E-state index contributed by atoms with van der Waals surface area (Å²) < 4.78 is 20.8. The molecule has 1 aromatic heterocycles. The SMILES string of the molecule is COC(=O)CC(C)=NC1CN(c2coc(Cc3ccc(OC)c(OC)c3)c2)C1=O. The zero-order valence-corrected chi connectivity index (χ0v) is 16.9. The molecule has 0 bridgehead atoms. The summed E-state index contributed by atoms with van der Waals surface area (Å²) in [5, 5.41) is 0. The van der Waals surface area contributed by atoms with Crippen LogP contribution in [0.4, 0.5) is 5.69 Å². The number of β-lactam (4-membered cyclic amide) rings is 1. The van der Waals surface area contributed by atoms with E-state index in [0.717, 1.165) is 11.3 Å². The molecule has 0 radical (unpaired) electrons. The number of hydrogen-bond donors (Lipinski definition) is 0. The van der Waals surface area contributed by atoms with Crippen molar-refractivity contribution in [2.75, 3.05) is 32.8 Å². The third kappa shape index (κ3) is 4.59. The van der Waals surface area contributed by atoms with Crippen LogP contribution in [0.15, 0.2) is 39.9 Å². The topological polar surface area (TPSA) is 90.6 Å². The Morgan fingerprint density at radius 3 is 2.62 bits per heavy atom. The highest BCUT2D eigenvalue weighted by molar-refractivity contribution is 6.06. The Labute approximate surface area is 169 Å². The minimum atomic E-state index is -0.469. The number of ether oxygens (including phenoxy) is 3. The average molecular weight is 400 g/mol. The van der Waals surface area contributed by atoms with Crippen molar-refractivity contribution in [3.8, 4) is 11.5 Å². The van der Waals surface area contributed by atoms with E-state index in [1.165, 1.54) is 7.11 Å². The molecule has 1 aliphatic rings. The molecule has 1 fully saturated rings. The molecule has 3 rings (SSSR count). The summed E-state index contributed by atoms with van der Waals surface area (Å²) in [7, 11) is 4.51. The Hall–Kier alpha value is -3.29. The van der Waals surface area contributed by atoms with Gasteiger partial charge in [0.2, 0.25) is 0 Å². The molecule has 8 heteroatoms. The molecule has 1 atom stereocenters. The second kappa shape index (κ2) is 8.81. The maximum absolute atomic E-state index is 12.4. The van der Waals surface area contributed by atoms with E-state index in [1.54, 1.807) is 32.3 Å². The summed E-state index contributed by atoms with van der Waals surface area (Å²) in [5.41, 5.74) is 2.28. The zero-order chi connectivity index (χ0) is 21.0. The number of amides is 1. The van der Waals surface area contributed by atoms with Crippen LogP contribution in [0, 0.1) is 0 Å². The van der Waals surface area contributed by atoms with Crippen molar-refractivity contribution in [3.05, 3.63) is 41.9 Å². The number of furan rings is 1. The summed E-state index contributed by atoms with van der Waals surface area (Å²) in [6, 6.07) is 7.05. The van der Waals surface area contributed by atoms with E-state index in [9.17, 15) is 9.59 Å². The van der Waals surface area contributed by atoms with Gasteiger partial charge >= 0.3 is 5.97 Å². The molecule has 8 nitrogen and oxygen atoms in total. The zero-order valence-electron chi connectivity index (χ0n) is 16.9. The minimum absolute atomic E-state index is 0.0848. The lowest BCUT2D eigenvalue weighted by atomic mass is 10.1. The number of aliphatic imine (C=N–C) groups is 1. The van der Waals surface area contributed by atoms with Crippen LogP contribution < -0.4 is 14.4 Å². The van der Waals surface area contributed by atoms with E-state index in [4.69, 9.17) is 13.9 Å². The van der Waals surface area contributed by atoms with E-state index >= 15 is 0 Å². The molecule has 2 aromatic rings. The molecule has 154 valence electrons. The van der Waals surface area contributed by atoms with Crippen LogP contribution in [0.25, 0.3) is 0 Å². The first-order chi connectivity index (χ1) is 13.9. The van der Waals surface area contributed by atoms with Gasteiger partial charge < -0.3 is 23.5 Å². The number of nitrogens with zero attached hydrogens (tertiary/aromatic N) is 2. The van der Waals surface area contributed by atoms with E-state index < -0.39 is 6.04 Å². The Morgan fingerprint density at radius 1 is 1.21 bits per heavy atom. The van der Waals surface area contributed by atoms with Crippen LogP contribution in [-0.4, -0.2) is 51.5 Å². The number of rotatable bonds is 8. The second-order valence-corrected chi connectivity index (χ2v) is 6.72. The average Bonchev–Trinajstić information content (AvgIpc) is 3.17. The van der Waals surface area contributed by atoms with Crippen molar-refractivity contribution < 1.29 is 28.2 Å². The van der Waals surface area contributed by atoms with Crippen molar-refractivity contribution in [1.29, 1.82) is 0 Å². The largest absolute Gasteiger partial charge is 0.493 e. The smallest absolute Gasteiger partial charge is 0.311 e. The van der Waals surface area contributed by atoms with Crippen molar-refractivity contribution in [1.82, 2.24) is 0 Å². The normalized spacial score (nSPS) is 16.4. The van der Waals surface area contributed by atoms with E-state index in [0.29, 0.717) is 35.9 Å². The van der Waals surface area contributed by atoms with Crippen LogP contribution >= 0.6 is 0 Å². The molecule has 1 amide bonds. The lowest BCUT2D eigenvalue weighted by molar-refractivity contribution is -0.139. The van der Waals surface area contributed by atoms with Gasteiger partial charge in [-0.1, -0.05) is 6.07 Å². The maximum atomic E-state index is 12.4. The van der Waals surface area contributed by atoms with Crippen LogP contribution in [0.3, 0.4) is 0 Å². The summed E-state index contributed by atoms with van der Waals surface area (Å²) in [5.74, 6) is 1.56. The first-order valence-electron chi connectivity index (χ1n) is 9.15. The highest BCUT2D eigenvalue weighted by Crippen LogP contribution is 2.30. The summed E-state index contributed by atoms with van der Waals surface area (Å²) in [6.07, 6.45) is 2.21. The Kier molecular flexibility index (Phi) is 6.21. The first-order valence-corrected chi connectivity index (χ1v) is 9.15. The van der Waals surface area contributed by atoms with E-state index in [-0.39, 0.29) is 18.3 Å². The lowest BCUT2D eigenvalue weighted by Crippen LogP contribution is -2.56. The molecule has 1 aliphatic heterocycles. The fourth-order valence-electron chi connectivity index (χ4n) is 3.12. The Balaban J connectivity index is 1.62. The fraction of sp³-hybridized carbons (Fsp3) is 0.381. The molecular weight excluding hydrogens is 376 g/mol. The molecule has 0 spiro atoms. The van der Waals surface area contributed by atoms with Gasteiger partial charge in [0.1, 0.15) is 18.1 Å². The van der Waals surface area contributed by atoms with Crippen LogP contribution in [0.1, 0.15) is 24.7 Å². The van der Waals surface area contributed by atoms with Crippen LogP contribution in [0.2, 0.25) is 0 Å². The highest BCUT2D eigenvalue weighted by Gasteiger charge is 2.38. The highest BCUT2D eigenvalue weighted by atomic mass is 16.5. The number of benzene rings is 1. The van der Waals surface area contributed by atoms with Crippen molar-refractivity contribution in [3.63, 3.8) is 0 Å². The van der Waals surface area contributed by atoms with E-state index in [1.807, 2.05) is 24.3 Å². The molecule has 29 heavy (non-hydrogen) atoms. The van der Waals surface area contributed by atoms with E-state index in [2.05, 4.69) is 9.73 Å². The molecule has 1 saturated heterocycles. The van der Waals surface area contributed by atoms with Gasteiger partial charge in [-0.25, -0.2) is 0 Å². The monoisotopic (exact) mass is 400 g/mol. The number of carbonyl (C=O) groups excluding carboxylic acids is 2. The van der Waals surface area contributed by atoms with Crippen molar-refractivity contribution >= 4 is 23.3 Å². The number of anilines is 1. The minimum Gasteiger partial charge on any atom is -0.493 e. The summed E-state index contributed by atoms with van der Waals surface area (Å²) in [4.78, 5) is 29.6. The third-order valence-corrected chi connectivity index (χ3v) is 4.69. The van der Waals surface area contributed by atoms with Gasteiger partial charge in [-0.3, -0.25) is 14.6 Å². The standard InChI is InChI=1S/C21H24N2O6/c1-13(7-20(24)28-4)22-17-11-23(21(17)25)15-10-16(29-12-15)8-14-5-6-18(26-2)19(9-14)27-3/h5-6,9-10,12,17H,7-8,11H2,1-4H3.